The molecule has 2 nitrogen and oxygen atoms in total. The van der Waals surface area contributed by atoms with Crippen molar-refractivity contribution in [2.45, 2.75) is 0 Å². The summed E-state index contributed by atoms with van der Waals surface area (Å²) in [5.74, 6) is 0. The molecule has 0 fully saturated rings. The zero-order valence-electron chi connectivity index (χ0n) is 3.19. The summed E-state index contributed by atoms with van der Waals surface area (Å²) < 4.78 is 1.63. The number of aliphatic imine (C=N–C) groups is 1. The van der Waals surface area contributed by atoms with Gasteiger partial charge in [0.1, 0.15) is 0 Å². The van der Waals surface area contributed by atoms with Crippen molar-refractivity contribution >= 4 is 6.34 Å². The molecule has 38 valence electrons. The molecule has 1 aliphatic rings. The van der Waals surface area contributed by atoms with Gasteiger partial charge in [-0.2, -0.15) is 0 Å². The van der Waals surface area contributed by atoms with E-state index in [1.165, 1.54) is 0 Å². The maximum absolute atomic E-state index is 4.82. The van der Waals surface area contributed by atoms with E-state index in [0.29, 0.717) is 0 Å². The third kappa shape index (κ3) is 0.730. The van der Waals surface area contributed by atoms with Crippen molar-refractivity contribution in [1.29, 1.82) is 0 Å². The van der Waals surface area contributed by atoms with Gasteiger partial charge in [0.2, 0.25) is 0 Å². The summed E-state index contributed by atoms with van der Waals surface area (Å²) in [5.41, 5.74) is 0. The standard InChI is InChI=1S/C3H5N2.Cu/c1-2-5-3-4-1;/h3H,1-2H2;/q-1;+1. The van der Waals surface area contributed by atoms with E-state index < -0.39 is 0 Å². The van der Waals surface area contributed by atoms with Crippen LogP contribution in [0.4, 0.5) is 0 Å². The predicted octanol–water partition coefficient (Wildman–Crippen LogP) is -0.208. The van der Waals surface area contributed by atoms with Gasteiger partial charge in [-0.15, -0.1) is 0 Å². The van der Waals surface area contributed by atoms with Crippen molar-refractivity contribution in [3.63, 3.8) is 0 Å². The van der Waals surface area contributed by atoms with Gasteiger partial charge in [0, 0.05) is 0 Å². The van der Waals surface area contributed by atoms with Crippen LogP contribution in [0.3, 0.4) is 0 Å². The average Bonchev–Trinajstić information content (AvgIpc) is 1.86. The number of nitrogens with zero attached hydrogens (tertiary/aromatic N) is 2. The van der Waals surface area contributed by atoms with Crippen molar-refractivity contribution in [2.24, 2.45) is 4.99 Å². The van der Waals surface area contributed by atoms with Gasteiger partial charge in [-0.1, -0.05) is 0 Å². The summed E-state index contributed by atoms with van der Waals surface area (Å²) in [6.45, 7) is 1.78. The predicted molar refractivity (Wildman–Crippen MR) is 20.1 cm³/mol. The van der Waals surface area contributed by atoms with Crippen molar-refractivity contribution < 1.29 is 16.2 Å². The van der Waals surface area contributed by atoms with Gasteiger partial charge in [0.05, 0.1) is 0 Å². The first-order chi connectivity index (χ1) is 2.89. The minimum absolute atomic E-state index is 0.873. The molecule has 3 heteroatoms. The number of hydrogen-bond donors (Lipinski definition) is 0. The second-order valence-electron chi connectivity index (χ2n) is 1.10. The Morgan fingerprint density at radius 1 is 1.83 bits per heavy atom. The molecule has 0 aromatic carbocycles. The van der Waals surface area contributed by atoms with E-state index in [9.17, 15) is 0 Å². The first kappa shape index (κ1) is 4.16. The van der Waals surface area contributed by atoms with Crippen LogP contribution in [-0.4, -0.2) is 23.3 Å². The van der Waals surface area contributed by atoms with Crippen LogP contribution in [0, 0.1) is 0 Å². The summed E-state index contributed by atoms with van der Waals surface area (Å²) in [4.78, 5) is 3.86. The topological polar surface area (TPSA) is 15.6 Å². The molecule has 0 aromatic rings. The van der Waals surface area contributed by atoms with Gasteiger partial charge in [-0.3, -0.25) is 0 Å². The van der Waals surface area contributed by atoms with Crippen LogP contribution in [0.25, 0.3) is 0 Å². The van der Waals surface area contributed by atoms with Crippen LogP contribution in [0.15, 0.2) is 4.99 Å². The molecule has 1 aliphatic heterocycles. The Morgan fingerprint density at radius 2 is 2.67 bits per heavy atom. The Balaban J connectivity index is 2.38. The van der Waals surface area contributed by atoms with Crippen LogP contribution in [-0.2, 0) is 16.2 Å². The van der Waals surface area contributed by atoms with E-state index in [1.807, 2.05) is 0 Å². The fraction of sp³-hybridized carbons (Fsp3) is 0.667. The van der Waals surface area contributed by atoms with E-state index in [1.54, 1.807) is 10.3 Å². The molecule has 0 radical (unpaired) electrons. The first-order valence-corrected chi connectivity index (χ1v) is 2.20. The van der Waals surface area contributed by atoms with E-state index >= 15 is 0 Å². The van der Waals surface area contributed by atoms with Gasteiger partial charge in [0.15, 0.2) is 0 Å². The van der Waals surface area contributed by atoms with Gasteiger partial charge in [-0.25, -0.2) is 0 Å². The molecular weight excluding hydrogens is 128 g/mol. The minimum atomic E-state index is 0.873. The molecule has 0 saturated heterocycles. The van der Waals surface area contributed by atoms with E-state index in [4.69, 9.17) is 16.2 Å². The normalized spacial score (nSPS) is 20.0. The van der Waals surface area contributed by atoms with Crippen LogP contribution < -0.4 is 0 Å². The molecule has 0 atom stereocenters. The summed E-state index contributed by atoms with van der Waals surface area (Å²) >= 11 is 4.82. The molecule has 0 aromatic heterocycles. The molecular formula is C3H5CuN2. The third-order valence-corrected chi connectivity index (χ3v) is 0.943. The summed E-state index contributed by atoms with van der Waals surface area (Å²) in [7, 11) is 0. The van der Waals surface area contributed by atoms with Crippen LogP contribution in [0.1, 0.15) is 0 Å². The van der Waals surface area contributed by atoms with Gasteiger partial charge in [0.25, 0.3) is 0 Å². The second-order valence-corrected chi connectivity index (χ2v) is 1.64. The summed E-state index contributed by atoms with van der Waals surface area (Å²) in [6, 6.07) is 0. The summed E-state index contributed by atoms with van der Waals surface area (Å²) in [5, 5.41) is 0. The van der Waals surface area contributed by atoms with Crippen molar-refractivity contribution in [2.75, 3.05) is 13.1 Å². The van der Waals surface area contributed by atoms with Crippen molar-refractivity contribution in [3.05, 3.63) is 0 Å². The molecule has 1 rings (SSSR count). The Labute approximate surface area is 45.3 Å². The first-order valence-electron chi connectivity index (χ1n) is 1.78. The van der Waals surface area contributed by atoms with Crippen molar-refractivity contribution in [3.8, 4) is 0 Å². The van der Waals surface area contributed by atoms with Gasteiger partial charge < -0.3 is 0 Å². The fourth-order valence-electron chi connectivity index (χ4n) is 0.343. The zero-order valence-corrected chi connectivity index (χ0v) is 4.13. The SMILES string of the molecule is [Cu][N]1C=NCC1. The molecule has 0 N–H and O–H groups in total. The zero-order chi connectivity index (χ0) is 4.41. The Hall–Kier alpha value is -0.0105. The Kier molecular flexibility index (Phi) is 1.13. The second kappa shape index (κ2) is 1.63. The molecule has 1 heterocycles. The molecule has 0 saturated carbocycles. The molecule has 0 spiro atoms. The van der Waals surface area contributed by atoms with Crippen LogP contribution in [0.5, 0.6) is 0 Å². The number of rotatable bonds is 0. The monoisotopic (exact) mass is 132 g/mol. The van der Waals surface area contributed by atoms with Gasteiger partial charge in [-0.05, 0) is 0 Å². The Morgan fingerprint density at radius 3 is 2.83 bits per heavy atom. The van der Waals surface area contributed by atoms with E-state index in [2.05, 4.69) is 4.99 Å². The summed E-state index contributed by atoms with van der Waals surface area (Å²) in [6.07, 6.45) is 1.67. The quantitative estimate of drug-likeness (QED) is 0.417. The van der Waals surface area contributed by atoms with E-state index in [-0.39, 0.29) is 0 Å². The molecule has 0 amide bonds. The maximum atomic E-state index is 4.82. The molecule has 0 aliphatic carbocycles. The number of hydrogen-bond acceptors (Lipinski definition) is 2. The average molecular weight is 133 g/mol. The molecule has 0 bridgehead atoms. The Bertz CT molecular complexity index is 71.2. The van der Waals surface area contributed by atoms with E-state index in [0.717, 1.165) is 13.1 Å². The van der Waals surface area contributed by atoms with Gasteiger partial charge >= 0.3 is 44.6 Å². The molecule has 6 heavy (non-hydrogen) atoms. The van der Waals surface area contributed by atoms with Crippen LogP contribution in [0.2, 0.25) is 0 Å². The van der Waals surface area contributed by atoms with Crippen LogP contribution >= 0.6 is 0 Å². The van der Waals surface area contributed by atoms with Crippen molar-refractivity contribution in [1.82, 2.24) is 3.92 Å². The molecule has 0 unspecified atom stereocenters. The third-order valence-electron chi connectivity index (χ3n) is 0.624. The fourth-order valence-corrected chi connectivity index (χ4v) is 0.514.